The molecule has 0 saturated heterocycles. The van der Waals surface area contributed by atoms with E-state index in [-0.39, 0.29) is 5.78 Å². The molecule has 0 fully saturated rings. The van der Waals surface area contributed by atoms with Crippen molar-refractivity contribution < 1.29 is 4.79 Å². The number of nitrogens with zero attached hydrogens (tertiary/aromatic N) is 4. The number of carbonyl (C=O) groups excluding carboxylic acids is 1. The fraction of sp³-hybridized carbons (Fsp3) is 0.273. The van der Waals surface area contributed by atoms with E-state index in [0.29, 0.717) is 25.2 Å². The van der Waals surface area contributed by atoms with Crippen LogP contribution in [0.1, 0.15) is 16.1 Å². The van der Waals surface area contributed by atoms with E-state index in [9.17, 15) is 4.79 Å². The molecule has 2 aromatic heterocycles. The lowest BCUT2D eigenvalue weighted by atomic mass is 10.1. The lowest BCUT2D eigenvalue weighted by molar-refractivity contribution is 0.0988. The molecular weight excluding hydrogens is 218 g/mol. The highest BCUT2D eigenvalue weighted by Crippen LogP contribution is 2.03. The highest BCUT2D eigenvalue weighted by molar-refractivity contribution is 5.95. The Bertz CT molecular complexity index is 494. The topological polar surface area (TPSA) is 86.7 Å². The van der Waals surface area contributed by atoms with E-state index >= 15 is 0 Å². The molecule has 2 aromatic rings. The van der Waals surface area contributed by atoms with Crippen LogP contribution in [-0.2, 0) is 13.0 Å². The average Bonchev–Trinajstić information content (AvgIpc) is 2.79. The Morgan fingerprint density at radius 1 is 1.35 bits per heavy atom. The zero-order valence-corrected chi connectivity index (χ0v) is 9.28. The zero-order valence-electron chi connectivity index (χ0n) is 9.28. The van der Waals surface area contributed by atoms with Crippen molar-refractivity contribution in [2.45, 2.75) is 13.0 Å². The van der Waals surface area contributed by atoms with Gasteiger partial charge in [0.25, 0.3) is 0 Å². The molecule has 0 unspecified atom stereocenters. The first-order valence-electron chi connectivity index (χ1n) is 5.32. The number of hydrogen-bond acceptors (Lipinski definition) is 5. The van der Waals surface area contributed by atoms with Crippen LogP contribution in [0.4, 0.5) is 0 Å². The van der Waals surface area contributed by atoms with Crippen molar-refractivity contribution >= 4 is 5.78 Å². The Balaban J connectivity index is 2.04. The van der Waals surface area contributed by atoms with Crippen LogP contribution in [0.2, 0.25) is 0 Å². The van der Waals surface area contributed by atoms with Crippen molar-refractivity contribution in [1.82, 2.24) is 20.0 Å². The number of aromatic nitrogens is 4. The molecule has 2 heterocycles. The van der Waals surface area contributed by atoms with Crippen LogP contribution in [0.3, 0.4) is 0 Å². The number of rotatable bonds is 5. The molecule has 2 N–H and O–H groups in total. The number of pyridine rings is 1. The third-order valence-electron chi connectivity index (χ3n) is 2.30. The molecule has 0 aliphatic rings. The summed E-state index contributed by atoms with van der Waals surface area (Å²) < 4.78 is 1.57. The third kappa shape index (κ3) is 2.94. The quantitative estimate of drug-likeness (QED) is 0.735. The minimum absolute atomic E-state index is 0.0560. The Hall–Kier alpha value is -2.08. The molecule has 0 amide bonds. The third-order valence-corrected chi connectivity index (χ3v) is 2.30. The van der Waals surface area contributed by atoms with Crippen molar-refractivity contribution in [3.8, 4) is 0 Å². The van der Waals surface area contributed by atoms with Gasteiger partial charge in [-0.05, 0) is 17.7 Å². The highest BCUT2D eigenvalue weighted by Gasteiger charge is 2.11. The van der Waals surface area contributed by atoms with Gasteiger partial charge in [-0.15, -0.1) is 5.10 Å². The fourth-order valence-corrected chi connectivity index (χ4v) is 1.44. The predicted molar refractivity (Wildman–Crippen MR) is 61.3 cm³/mol. The molecule has 6 nitrogen and oxygen atoms in total. The molecule has 6 heteroatoms. The monoisotopic (exact) mass is 231 g/mol. The second kappa shape index (κ2) is 5.31. The molecule has 2 rings (SSSR count). The summed E-state index contributed by atoms with van der Waals surface area (Å²) in [6, 6.07) is 3.62. The van der Waals surface area contributed by atoms with Crippen molar-refractivity contribution in [1.29, 1.82) is 0 Å². The van der Waals surface area contributed by atoms with Crippen LogP contribution in [0.25, 0.3) is 0 Å². The SMILES string of the molecule is NCCn1cc(C(=O)Cc2ccncc2)nn1. The lowest BCUT2D eigenvalue weighted by Gasteiger charge is -1.96. The summed E-state index contributed by atoms with van der Waals surface area (Å²) in [7, 11) is 0. The highest BCUT2D eigenvalue weighted by atomic mass is 16.1. The molecule has 0 atom stereocenters. The first-order chi connectivity index (χ1) is 8.29. The van der Waals surface area contributed by atoms with E-state index in [2.05, 4.69) is 15.3 Å². The molecule has 88 valence electrons. The average molecular weight is 231 g/mol. The van der Waals surface area contributed by atoms with Crippen LogP contribution in [0.15, 0.2) is 30.7 Å². The van der Waals surface area contributed by atoms with Crippen LogP contribution in [0, 0.1) is 0 Å². The summed E-state index contributed by atoms with van der Waals surface area (Å²) in [5, 5.41) is 7.65. The standard InChI is InChI=1S/C11H13N5O/c12-3-6-16-8-10(14-15-16)11(17)7-9-1-4-13-5-2-9/h1-2,4-5,8H,3,6-7,12H2. The second-order valence-corrected chi connectivity index (χ2v) is 3.61. The molecule has 0 aliphatic heterocycles. The second-order valence-electron chi connectivity index (χ2n) is 3.61. The van der Waals surface area contributed by atoms with Gasteiger partial charge in [-0.3, -0.25) is 14.5 Å². The van der Waals surface area contributed by atoms with Crippen LogP contribution < -0.4 is 5.73 Å². The number of ketones is 1. The summed E-state index contributed by atoms with van der Waals surface area (Å²) in [4.78, 5) is 15.8. The van der Waals surface area contributed by atoms with Crippen molar-refractivity contribution in [2.24, 2.45) is 5.73 Å². The van der Waals surface area contributed by atoms with Gasteiger partial charge in [0.15, 0.2) is 5.78 Å². The lowest BCUT2D eigenvalue weighted by Crippen LogP contribution is -2.10. The number of carbonyl (C=O) groups is 1. The summed E-state index contributed by atoms with van der Waals surface area (Å²) in [6.45, 7) is 1.04. The fourth-order valence-electron chi connectivity index (χ4n) is 1.44. The van der Waals surface area contributed by atoms with E-state index in [1.807, 2.05) is 12.1 Å². The molecular formula is C11H13N5O. The van der Waals surface area contributed by atoms with Gasteiger partial charge in [0.1, 0.15) is 5.69 Å². The van der Waals surface area contributed by atoms with Gasteiger partial charge in [-0.1, -0.05) is 5.21 Å². The first kappa shape index (κ1) is 11.4. The number of nitrogens with two attached hydrogens (primary N) is 1. The normalized spacial score (nSPS) is 10.4. The molecule has 0 spiro atoms. The Kier molecular flexibility index (Phi) is 3.56. The molecule has 0 aliphatic carbocycles. The molecule has 0 aromatic carbocycles. The van der Waals surface area contributed by atoms with E-state index in [0.717, 1.165) is 5.56 Å². The predicted octanol–water partition coefficient (Wildman–Crippen LogP) is 0.0572. The molecule has 0 radical (unpaired) electrons. The van der Waals surface area contributed by atoms with Gasteiger partial charge in [0, 0.05) is 25.4 Å². The van der Waals surface area contributed by atoms with Crippen LogP contribution in [0.5, 0.6) is 0 Å². The number of Topliss-reactive ketones (excluding diaryl/α,β-unsaturated/α-hetero) is 1. The van der Waals surface area contributed by atoms with E-state index < -0.39 is 0 Å². The maximum absolute atomic E-state index is 11.9. The van der Waals surface area contributed by atoms with E-state index in [4.69, 9.17) is 5.73 Å². The Labute approximate surface area is 98.5 Å². The smallest absolute Gasteiger partial charge is 0.189 e. The van der Waals surface area contributed by atoms with Crippen molar-refractivity contribution in [3.05, 3.63) is 42.0 Å². The maximum Gasteiger partial charge on any atom is 0.189 e. The van der Waals surface area contributed by atoms with Gasteiger partial charge in [-0.2, -0.15) is 0 Å². The van der Waals surface area contributed by atoms with Gasteiger partial charge in [-0.25, -0.2) is 0 Å². The molecule has 0 saturated carbocycles. The molecule has 0 bridgehead atoms. The van der Waals surface area contributed by atoms with Gasteiger partial charge in [0.05, 0.1) is 12.7 Å². The first-order valence-corrected chi connectivity index (χ1v) is 5.32. The summed E-state index contributed by atoms with van der Waals surface area (Å²) >= 11 is 0. The summed E-state index contributed by atoms with van der Waals surface area (Å²) in [6.07, 6.45) is 5.25. The zero-order chi connectivity index (χ0) is 12.1. The van der Waals surface area contributed by atoms with Gasteiger partial charge in [0.2, 0.25) is 0 Å². The van der Waals surface area contributed by atoms with Crippen molar-refractivity contribution in [2.75, 3.05) is 6.54 Å². The largest absolute Gasteiger partial charge is 0.329 e. The molecule has 17 heavy (non-hydrogen) atoms. The van der Waals surface area contributed by atoms with Crippen LogP contribution in [-0.4, -0.2) is 32.3 Å². The van der Waals surface area contributed by atoms with Crippen molar-refractivity contribution in [3.63, 3.8) is 0 Å². The Morgan fingerprint density at radius 2 is 2.12 bits per heavy atom. The minimum Gasteiger partial charge on any atom is -0.329 e. The van der Waals surface area contributed by atoms with Gasteiger partial charge < -0.3 is 5.73 Å². The van der Waals surface area contributed by atoms with Gasteiger partial charge >= 0.3 is 0 Å². The maximum atomic E-state index is 11.9. The summed E-state index contributed by atoms with van der Waals surface area (Å²) in [5.74, 6) is -0.0560. The number of hydrogen-bond donors (Lipinski definition) is 1. The summed E-state index contributed by atoms with van der Waals surface area (Å²) in [5.41, 5.74) is 6.67. The van der Waals surface area contributed by atoms with E-state index in [1.54, 1.807) is 23.3 Å². The van der Waals surface area contributed by atoms with Crippen LogP contribution >= 0.6 is 0 Å². The Morgan fingerprint density at radius 3 is 2.82 bits per heavy atom. The van der Waals surface area contributed by atoms with E-state index in [1.165, 1.54) is 0 Å². The minimum atomic E-state index is -0.0560.